The fourth-order valence-electron chi connectivity index (χ4n) is 3.61. The van der Waals surface area contributed by atoms with Gasteiger partial charge in [0, 0.05) is 24.3 Å². The van der Waals surface area contributed by atoms with E-state index >= 15 is 0 Å². The summed E-state index contributed by atoms with van der Waals surface area (Å²) in [5, 5.41) is 27.5. The van der Waals surface area contributed by atoms with Crippen LogP contribution in [0.3, 0.4) is 0 Å². The van der Waals surface area contributed by atoms with Crippen LogP contribution >= 0.6 is 34.7 Å². The SMILES string of the molecule is O=C1NC(c2ccc(OCCCO)cc2)(c2ccsc2)CC(O)=C1Sc1ccccc1Cl. The van der Waals surface area contributed by atoms with Gasteiger partial charge in [0.15, 0.2) is 0 Å². The van der Waals surface area contributed by atoms with E-state index in [2.05, 4.69) is 5.32 Å². The molecule has 2 heterocycles. The highest BCUT2D eigenvalue weighted by molar-refractivity contribution is 8.04. The molecule has 32 heavy (non-hydrogen) atoms. The van der Waals surface area contributed by atoms with Gasteiger partial charge in [-0.25, -0.2) is 0 Å². The summed E-state index contributed by atoms with van der Waals surface area (Å²) < 4.78 is 5.63. The van der Waals surface area contributed by atoms with Crippen LogP contribution in [0.2, 0.25) is 5.02 Å². The molecule has 5 nitrogen and oxygen atoms in total. The van der Waals surface area contributed by atoms with Gasteiger partial charge < -0.3 is 20.3 Å². The summed E-state index contributed by atoms with van der Waals surface area (Å²) >= 11 is 8.94. The number of aliphatic hydroxyl groups is 2. The molecule has 1 unspecified atom stereocenters. The minimum Gasteiger partial charge on any atom is -0.511 e. The van der Waals surface area contributed by atoms with Crippen LogP contribution in [0, 0.1) is 0 Å². The highest BCUT2D eigenvalue weighted by Gasteiger charge is 2.43. The van der Waals surface area contributed by atoms with E-state index in [0.717, 1.165) is 22.9 Å². The van der Waals surface area contributed by atoms with Gasteiger partial charge >= 0.3 is 0 Å². The van der Waals surface area contributed by atoms with Crippen LogP contribution in [-0.4, -0.2) is 29.3 Å². The van der Waals surface area contributed by atoms with E-state index < -0.39 is 5.54 Å². The lowest BCUT2D eigenvalue weighted by Gasteiger charge is -2.38. The molecule has 2 aromatic carbocycles. The Balaban J connectivity index is 1.67. The zero-order chi connectivity index (χ0) is 22.6. The lowest BCUT2D eigenvalue weighted by atomic mass is 9.79. The molecular formula is C24H22ClNO4S2. The number of ether oxygens (including phenoxy) is 1. The van der Waals surface area contributed by atoms with Crippen molar-refractivity contribution in [2.75, 3.05) is 13.2 Å². The number of aliphatic hydroxyl groups excluding tert-OH is 2. The monoisotopic (exact) mass is 487 g/mol. The van der Waals surface area contributed by atoms with Gasteiger partial charge in [0.25, 0.3) is 5.91 Å². The number of carbonyl (C=O) groups excluding carboxylic acids is 1. The van der Waals surface area contributed by atoms with E-state index in [1.807, 2.05) is 59.3 Å². The third-order valence-corrected chi connectivity index (χ3v) is 7.53. The van der Waals surface area contributed by atoms with Crippen LogP contribution in [0.5, 0.6) is 5.75 Å². The van der Waals surface area contributed by atoms with Crippen molar-refractivity contribution in [2.24, 2.45) is 0 Å². The van der Waals surface area contributed by atoms with E-state index in [4.69, 9.17) is 21.4 Å². The number of hydrogen-bond acceptors (Lipinski definition) is 6. The fourth-order valence-corrected chi connectivity index (χ4v) is 5.46. The van der Waals surface area contributed by atoms with E-state index in [1.54, 1.807) is 6.07 Å². The van der Waals surface area contributed by atoms with Crippen molar-refractivity contribution in [3.63, 3.8) is 0 Å². The Kier molecular flexibility index (Phi) is 7.10. The molecular weight excluding hydrogens is 466 g/mol. The van der Waals surface area contributed by atoms with Crippen molar-refractivity contribution in [1.82, 2.24) is 5.32 Å². The third kappa shape index (κ3) is 4.66. The minimum absolute atomic E-state index is 0.0214. The molecule has 1 aromatic heterocycles. The molecule has 3 N–H and O–H groups in total. The lowest BCUT2D eigenvalue weighted by Crippen LogP contribution is -2.50. The molecule has 0 bridgehead atoms. The molecule has 1 aliphatic heterocycles. The smallest absolute Gasteiger partial charge is 0.262 e. The van der Waals surface area contributed by atoms with Gasteiger partial charge in [0.1, 0.15) is 16.4 Å². The summed E-state index contributed by atoms with van der Waals surface area (Å²) in [6.07, 6.45) is 0.772. The minimum atomic E-state index is -0.894. The van der Waals surface area contributed by atoms with E-state index in [-0.39, 0.29) is 29.6 Å². The molecule has 0 saturated heterocycles. The first-order chi connectivity index (χ1) is 15.5. The quantitative estimate of drug-likeness (QED) is 0.366. The molecule has 4 rings (SSSR count). The number of thioether (sulfide) groups is 1. The van der Waals surface area contributed by atoms with Crippen LogP contribution in [0.25, 0.3) is 0 Å². The van der Waals surface area contributed by atoms with Gasteiger partial charge in [-0.3, -0.25) is 4.79 Å². The second kappa shape index (κ2) is 10.0. The summed E-state index contributed by atoms with van der Waals surface area (Å²) in [4.78, 5) is 14.2. The maximum absolute atomic E-state index is 13.2. The zero-order valence-electron chi connectivity index (χ0n) is 17.1. The largest absolute Gasteiger partial charge is 0.511 e. The second-order valence-corrected chi connectivity index (χ2v) is 9.55. The average molecular weight is 488 g/mol. The van der Waals surface area contributed by atoms with Crippen molar-refractivity contribution in [2.45, 2.75) is 23.3 Å². The molecule has 0 fully saturated rings. The normalized spacial score (nSPS) is 18.5. The number of thiophene rings is 1. The van der Waals surface area contributed by atoms with Gasteiger partial charge in [-0.05, 0) is 52.2 Å². The lowest BCUT2D eigenvalue weighted by molar-refractivity contribution is -0.119. The fraction of sp³-hybridized carbons (Fsp3) is 0.208. The predicted molar refractivity (Wildman–Crippen MR) is 128 cm³/mol. The van der Waals surface area contributed by atoms with Crippen LogP contribution in [0.1, 0.15) is 24.0 Å². The van der Waals surface area contributed by atoms with Crippen molar-refractivity contribution in [3.8, 4) is 5.75 Å². The maximum Gasteiger partial charge on any atom is 0.262 e. The number of benzene rings is 2. The average Bonchev–Trinajstić information content (AvgIpc) is 3.33. The second-order valence-electron chi connectivity index (χ2n) is 7.31. The number of carbonyl (C=O) groups is 1. The van der Waals surface area contributed by atoms with Crippen LogP contribution in [-0.2, 0) is 10.3 Å². The zero-order valence-corrected chi connectivity index (χ0v) is 19.5. The standard InChI is InChI=1S/C24H22ClNO4S2/c25-19-4-1-2-5-21(19)32-22-20(28)14-24(26-23(22)29,17-10-13-31-15-17)16-6-8-18(9-7-16)30-12-3-11-27/h1-2,4-10,13,15,27-28H,3,11-12,14H2,(H,26,29). The summed E-state index contributed by atoms with van der Waals surface area (Å²) in [5.41, 5.74) is 0.847. The van der Waals surface area contributed by atoms with Crippen molar-refractivity contribution < 1.29 is 19.7 Å². The molecule has 0 saturated carbocycles. The first-order valence-corrected chi connectivity index (χ1v) is 12.2. The topological polar surface area (TPSA) is 78.8 Å². The Hall–Kier alpha value is -2.45. The highest BCUT2D eigenvalue weighted by atomic mass is 35.5. The molecule has 1 atom stereocenters. The first kappa shape index (κ1) is 22.7. The van der Waals surface area contributed by atoms with Gasteiger partial charge in [0.2, 0.25) is 0 Å². The predicted octanol–water partition coefficient (Wildman–Crippen LogP) is 5.49. The van der Waals surface area contributed by atoms with Crippen LogP contribution in [0.15, 0.2) is 80.9 Å². The van der Waals surface area contributed by atoms with Crippen LogP contribution in [0.4, 0.5) is 0 Å². The van der Waals surface area contributed by atoms with Crippen LogP contribution < -0.4 is 10.1 Å². The Labute approximate surface area is 199 Å². The van der Waals surface area contributed by atoms with E-state index in [9.17, 15) is 9.90 Å². The Morgan fingerprint density at radius 1 is 1.12 bits per heavy atom. The van der Waals surface area contributed by atoms with E-state index in [0.29, 0.717) is 28.7 Å². The molecule has 0 aliphatic carbocycles. The number of hydrogen-bond donors (Lipinski definition) is 3. The van der Waals surface area contributed by atoms with E-state index in [1.165, 1.54) is 11.3 Å². The number of halogens is 1. The van der Waals surface area contributed by atoms with Gasteiger partial charge in [0.05, 0.1) is 17.2 Å². The number of amides is 1. The number of nitrogens with one attached hydrogen (secondary N) is 1. The molecule has 8 heteroatoms. The summed E-state index contributed by atoms with van der Waals surface area (Å²) in [6.45, 7) is 0.500. The number of rotatable bonds is 8. The first-order valence-electron chi connectivity index (χ1n) is 10.1. The molecule has 0 radical (unpaired) electrons. The van der Waals surface area contributed by atoms with Gasteiger partial charge in [-0.15, -0.1) is 0 Å². The molecule has 166 valence electrons. The van der Waals surface area contributed by atoms with Gasteiger partial charge in [-0.1, -0.05) is 47.6 Å². The van der Waals surface area contributed by atoms with Crippen molar-refractivity contribution in [3.05, 3.63) is 92.2 Å². The molecule has 1 aliphatic rings. The summed E-state index contributed by atoms with van der Waals surface area (Å²) in [7, 11) is 0. The Morgan fingerprint density at radius 2 is 1.91 bits per heavy atom. The van der Waals surface area contributed by atoms with Gasteiger partial charge in [-0.2, -0.15) is 11.3 Å². The van der Waals surface area contributed by atoms with Crippen molar-refractivity contribution in [1.29, 1.82) is 0 Å². The molecule has 3 aromatic rings. The molecule has 1 amide bonds. The summed E-state index contributed by atoms with van der Waals surface area (Å²) in [6, 6.07) is 16.6. The summed E-state index contributed by atoms with van der Waals surface area (Å²) in [5.74, 6) is 0.348. The maximum atomic E-state index is 13.2. The van der Waals surface area contributed by atoms with Crippen molar-refractivity contribution >= 4 is 40.6 Å². The third-order valence-electron chi connectivity index (χ3n) is 5.21. The highest BCUT2D eigenvalue weighted by Crippen LogP contribution is 2.44. The Bertz CT molecular complexity index is 1120. The molecule has 0 spiro atoms. The Morgan fingerprint density at radius 3 is 2.56 bits per heavy atom.